The van der Waals surface area contributed by atoms with Gasteiger partial charge in [-0.3, -0.25) is 4.79 Å². The van der Waals surface area contributed by atoms with Gasteiger partial charge in [-0.15, -0.1) is 0 Å². The Morgan fingerprint density at radius 2 is 1.86 bits per heavy atom. The smallest absolute Gasteiger partial charge is 0.253 e. The van der Waals surface area contributed by atoms with E-state index in [9.17, 15) is 4.79 Å². The third-order valence-corrected chi connectivity index (χ3v) is 6.41. The number of benzene rings is 1. The number of hydrogen-bond acceptors (Lipinski definition) is 1. The number of hydrogen-bond donors (Lipinski definition) is 2. The molecule has 2 N–H and O–H groups in total. The highest BCUT2D eigenvalue weighted by atomic mass is 16.1. The number of allylic oxidation sites excluding steroid dienone is 4. The molecule has 1 amide bonds. The van der Waals surface area contributed by atoms with Crippen LogP contribution in [0.3, 0.4) is 0 Å². The van der Waals surface area contributed by atoms with E-state index >= 15 is 0 Å². The van der Waals surface area contributed by atoms with Gasteiger partial charge in [0.1, 0.15) is 0 Å². The minimum Gasteiger partial charge on any atom is -0.366 e. The van der Waals surface area contributed by atoms with Gasteiger partial charge in [0.05, 0.1) is 5.56 Å². The maximum absolute atomic E-state index is 12.9. The summed E-state index contributed by atoms with van der Waals surface area (Å²) in [5.41, 5.74) is 4.30. The van der Waals surface area contributed by atoms with E-state index in [-0.39, 0.29) is 11.9 Å². The van der Waals surface area contributed by atoms with E-state index in [0.29, 0.717) is 11.8 Å². The van der Waals surface area contributed by atoms with Crippen LogP contribution < -0.4 is 5.32 Å². The molecule has 2 aliphatic rings. The largest absolute Gasteiger partial charge is 0.366 e. The van der Waals surface area contributed by atoms with Crippen molar-refractivity contribution in [3.63, 3.8) is 0 Å². The van der Waals surface area contributed by atoms with E-state index in [1.807, 2.05) is 42.7 Å². The summed E-state index contributed by atoms with van der Waals surface area (Å²) in [6, 6.07) is 10.3. The Morgan fingerprint density at radius 3 is 2.57 bits per heavy atom. The van der Waals surface area contributed by atoms with Crippen LogP contribution in [-0.4, -0.2) is 16.9 Å². The van der Waals surface area contributed by atoms with Gasteiger partial charge < -0.3 is 10.3 Å². The average molecular weight is 375 g/mol. The van der Waals surface area contributed by atoms with Crippen molar-refractivity contribution in [3.8, 4) is 11.1 Å². The fourth-order valence-corrected chi connectivity index (χ4v) is 4.70. The molecule has 1 fully saturated rings. The number of rotatable bonds is 5. The summed E-state index contributed by atoms with van der Waals surface area (Å²) in [5, 5.41) is 3.27. The van der Waals surface area contributed by atoms with Crippen LogP contribution in [0.15, 0.2) is 66.5 Å². The van der Waals surface area contributed by atoms with Crippen LogP contribution in [0.25, 0.3) is 11.1 Å². The molecule has 0 radical (unpaired) electrons. The van der Waals surface area contributed by atoms with Crippen LogP contribution in [0.5, 0.6) is 0 Å². The van der Waals surface area contributed by atoms with Crippen LogP contribution in [0.1, 0.15) is 55.8 Å². The van der Waals surface area contributed by atoms with Gasteiger partial charge >= 0.3 is 0 Å². The van der Waals surface area contributed by atoms with Crippen LogP contribution in [-0.2, 0) is 0 Å². The maximum atomic E-state index is 12.9. The molecule has 3 heteroatoms. The van der Waals surface area contributed by atoms with Crippen molar-refractivity contribution in [2.24, 2.45) is 11.8 Å². The third-order valence-electron chi connectivity index (χ3n) is 6.41. The van der Waals surface area contributed by atoms with Gasteiger partial charge in [0.25, 0.3) is 5.91 Å². The van der Waals surface area contributed by atoms with Crippen LogP contribution in [0.4, 0.5) is 0 Å². The Labute approximate surface area is 167 Å². The molecule has 4 rings (SSSR count). The lowest BCUT2D eigenvalue weighted by molar-refractivity contribution is 0.0917. The number of H-pyrrole nitrogens is 1. The summed E-state index contributed by atoms with van der Waals surface area (Å²) in [6.07, 6.45) is 18.0. The number of aromatic amines is 1. The Bertz CT molecular complexity index is 854. The Morgan fingerprint density at radius 1 is 1.07 bits per heavy atom. The second-order valence-corrected chi connectivity index (χ2v) is 8.21. The fraction of sp³-hybridized carbons (Fsp3) is 0.400. The van der Waals surface area contributed by atoms with E-state index < -0.39 is 0 Å². The molecular formula is C25H30N2O. The number of amides is 1. The Balaban J connectivity index is 1.35. The Kier molecular flexibility index (Phi) is 5.80. The van der Waals surface area contributed by atoms with Crippen molar-refractivity contribution in [2.75, 3.05) is 0 Å². The molecule has 2 aromatic rings. The highest BCUT2D eigenvalue weighted by Crippen LogP contribution is 2.36. The molecule has 2 aliphatic carbocycles. The van der Waals surface area contributed by atoms with Crippen molar-refractivity contribution in [3.05, 3.63) is 72.1 Å². The molecule has 1 atom stereocenters. The predicted molar refractivity (Wildman–Crippen MR) is 115 cm³/mol. The predicted octanol–water partition coefficient (Wildman–Crippen LogP) is 5.88. The lowest BCUT2D eigenvalue weighted by atomic mass is 9.75. The van der Waals surface area contributed by atoms with Gasteiger partial charge in [0.15, 0.2) is 0 Å². The molecule has 1 saturated carbocycles. The quantitative estimate of drug-likeness (QED) is 0.674. The minimum absolute atomic E-state index is 0.0210. The van der Waals surface area contributed by atoms with Gasteiger partial charge in [-0.1, -0.05) is 48.6 Å². The molecule has 1 heterocycles. The van der Waals surface area contributed by atoms with Crippen molar-refractivity contribution in [1.29, 1.82) is 0 Å². The fourth-order valence-electron chi connectivity index (χ4n) is 4.70. The third kappa shape index (κ3) is 4.14. The minimum atomic E-state index is 0.0210. The molecule has 0 spiro atoms. The topological polar surface area (TPSA) is 44.9 Å². The van der Waals surface area contributed by atoms with E-state index in [4.69, 9.17) is 0 Å². The zero-order valence-electron chi connectivity index (χ0n) is 16.7. The van der Waals surface area contributed by atoms with Crippen molar-refractivity contribution in [2.45, 2.75) is 51.5 Å². The Hall–Kier alpha value is -2.55. The lowest BCUT2D eigenvalue weighted by Crippen LogP contribution is -2.39. The maximum Gasteiger partial charge on any atom is 0.253 e. The van der Waals surface area contributed by atoms with Crippen LogP contribution >= 0.6 is 0 Å². The molecule has 146 valence electrons. The van der Waals surface area contributed by atoms with E-state index in [1.165, 1.54) is 38.5 Å². The summed E-state index contributed by atoms with van der Waals surface area (Å²) in [4.78, 5) is 16.0. The second kappa shape index (κ2) is 8.64. The van der Waals surface area contributed by atoms with Gasteiger partial charge in [-0.05, 0) is 68.4 Å². The van der Waals surface area contributed by atoms with Crippen molar-refractivity contribution in [1.82, 2.24) is 10.3 Å². The van der Waals surface area contributed by atoms with Crippen molar-refractivity contribution >= 4 is 5.91 Å². The molecular weight excluding hydrogens is 344 g/mol. The number of carbonyl (C=O) groups excluding carboxylic acids is 1. The molecule has 0 aliphatic heterocycles. The van der Waals surface area contributed by atoms with Crippen molar-refractivity contribution < 1.29 is 4.79 Å². The molecule has 1 aromatic heterocycles. The number of nitrogens with one attached hydrogen (secondary N) is 2. The molecule has 28 heavy (non-hydrogen) atoms. The summed E-state index contributed by atoms with van der Waals surface area (Å²) in [6.45, 7) is 2.16. The number of aromatic nitrogens is 1. The zero-order valence-corrected chi connectivity index (χ0v) is 16.7. The average Bonchev–Trinajstić information content (AvgIpc) is 3.25. The van der Waals surface area contributed by atoms with Gasteiger partial charge in [0.2, 0.25) is 0 Å². The van der Waals surface area contributed by atoms with Gasteiger partial charge in [-0.25, -0.2) is 0 Å². The first-order valence-electron chi connectivity index (χ1n) is 10.6. The highest BCUT2D eigenvalue weighted by molar-refractivity contribution is 6.00. The molecule has 0 bridgehead atoms. The summed E-state index contributed by atoms with van der Waals surface area (Å²) < 4.78 is 0. The van der Waals surface area contributed by atoms with Crippen LogP contribution in [0.2, 0.25) is 0 Å². The van der Waals surface area contributed by atoms with E-state index in [1.54, 1.807) is 5.57 Å². The highest BCUT2D eigenvalue weighted by Gasteiger charge is 2.28. The summed E-state index contributed by atoms with van der Waals surface area (Å²) in [5.74, 6) is 1.30. The first-order chi connectivity index (χ1) is 13.7. The lowest BCUT2D eigenvalue weighted by Gasteiger charge is -2.33. The first-order valence-corrected chi connectivity index (χ1v) is 10.6. The summed E-state index contributed by atoms with van der Waals surface area (Å²) >= 11 is 0. The van der Waals surface area contributed by atoms with E-state index in [0.717, 1.165) is 16.7 Å². The normalized spacial score (nSPS) is 23.1. The number of carbonyl (C=O) groups is 1. The molecule has 3 nitrogen and oxygen atoms in total. The van der Waals surface area contributed by atoms with Gasteiger partial charge in [0, 0.05) is 24.0 Å². The van der Waals surface area contributed by atoms with Crippen LogP contribution in [0, 0.1) is 11.8 Å². The molecule has 1 unspecified atom stereocenters. The monoisotopic (exact) mass is 374 g/mol. The standard InChI is InChI=1S/C25H30N2O/c1-18(19-12-14-21(15-13-19)20-8-4-2-5-9-20)27-25(28)24-17-26-16-23(24)22-10-6-3-7-11-22/h3-4,6-11,16-19,21,26H,2,5,12-15H2,1H3,(H,27,28). The zero-order chi connectivity index (χ0) is 19.3. The molecule has 1 aromatic carbocycles. The summed E-state index contributed by atoms with van der Waals surface area (Å²) in [7, 11) is 0. The van der Waals surface area contributed by atoms with Gasteiger partial charge in [-0.2, -0.15) is 0 Å². The first kappa shape index (κ1) is 18.8. The second-order valence-electron chi connectivity index (χ2n) is 8.21. The van der Waals surface area contributed by atoms with E-state index in [2.05, 4.69) is 35.5 Å². The molecule has 0 saturated heterocycles. The SMILES string of the molecule is CC(NC(=O)c1c[nH]cc1-c1ccccc1)C1CCC(C2=CCCC=C2)CC1.